The van der Waals surface area contributed by atoms with Crippen molar-refractivity contribution in [3.63, 3.8) is 0 Å². The summed E-state index contributed by atoms with van der Waals surface area (Å²) in [5.74, 6) is -0.238. The van der Waals surface area contributed by atoms with Gasteiger partial charge >= 0.3 is 5.97 Å². The first kappa shape index (κ1) is 14.2. The maximum absolute atomic E-state index is 11.4. The third-order valence-electron chi connectivity index (χ3n) is 2.61. The maximum atomic E-state index is 11.4. The van der Waals surface area contributed by atoms with E-state index in [1.807, 2.05) is 13.8 Å². The first-order valence-electron chi connectivity index (χ1n) is 5.94. The van der Waals surface area contributed by atoms with Gasteiger partial charge in [0.1, 0.15) is 0 Å². The summed E-state index contributed by atoms with van der Waals surface area (Å²) in [5, 5.41) is 10.5. The SMILES string of the molecule is CCCOC(=O)CC(C)c1ccc([N+](=O)[O-])cc1. The minimum atomic E-state index is -0.441. The van der Waals surface area contributed by atoms with Gasteiger partial charge < -0.3 is 4.74 Å². The number of hydrogen-bond donors (Lipinski definition) is 0. The van der Waals surface area contributed by atoms with Gasteiger partial charge in [0, 0.05) is 12.1 Å². The summed E-state index contributed by atoms with van der Waals surface area (Å²) in [6.45, 7) is 4.27. The number of nitro benzene ring substituents is 1. The first-order valence-corrected chi connectivity index (χ1v) is 5.94. The third kappa shape index (κ3) is 4.16. The highest BCUT2D eigenvalue weighted by Gasteiger charge is 2.13. The van der Waals surface area contributed by atoms with Crippen LogP contribution >= 0.6 is 0 Å². The van der Waals surface area contributed by atoms with E-state index in [-0.39, 0.29) is 24.0 Å². The molecule has 18 heavy (non-hydrogen) atoms. The van der Waals surface area contributed by atoms with Crippen LogP contribution in [0, 0.1) is 10.1 Å². The number of benzene rings is 1. The Bertz CT molecular complexity index is 414. The van der Waals surface area contributed by atoms with Gasteiger partial charge in [-0.05, 0) is 17.9 Å². The van der Waals surface area contributed by atoms with E-state index in [9.17, 15) is 14.9 Å². The third-order valence-corrected chi connectivity index (χ3v) is 2.61. The van der Waals surface area contributed by atoms with Crippen LogP contribution in [0.2, 0.25) is 0 Å². The van der Waals surface area contributed by atoms with Crippen molar-refractivity contribution in [1.82, 2.24) is 0 Å². The van der Waals surface area contributed by atoms with Gasteiger partial charge in [-0.1, -0.05) is 26.0 Å². The molecule has 1 aromatic rings. The zero-order chi connectivity index (χ0) is 13.5. The van der Waals surface area contributed by atoms with E-state index in [2.05, 4.69) is 0 Å². The Hall–Kier alpha value is -1.91. The van der Waals surface area contributed by atoms with Crippen LogP contribution in [0.1, 0.15) is 38.2 Å². The van der Waals surface area contributed by atoms with E-state index in [4.69, 9.17) is 4.74 Å². The molecule has 98 valence electrons. The van der Waals surface area contributed by atoms with Crippen molar-refractivity contribution in [2.24, 2.45) is 0 Å². The van der Waals surface area contributed by atoms with Gasteiger partial charge in [-0.15, -0.1) is 0 Å². The average molecular weight is 251 g/mol. The quantitative estimate of drug-likeness (QED) is 0.442. The molecule has 1 aromatic carbocycles. The first-order chi connectivity index (χ1) is 8.54. The lowest BCUT2D eigenvalue weighted by Gasteiger charge is -2.11. The van der Waals surface area contributed by atoms with Crippen molar-refractivity contribution in [3.8, 4) is 0 Å². The number of rotatable bonds is 6. The Morgan fingerprint density at radius 2 is 2.00 bits per heavy atom. The molecule has 0 fully saturated rings. The Balaban J connectivity index is 2.58. The highest BCUT2D eigenvalue weighted by atomic mass is 16.6. The highest BCUT2D eigenvalue weighted by molar-refractivity contribution is 5.70. The summed E-state index contributed by atoms with van der Waals surface area (Å²) >= 11 is 0. The fourth-order valence-corrected chi connectivity index (χ4v) is 1.57. The minimum absolute atomic E-state index is 0.00448. The molecular formula is C13H17NO4. The number of nitrogens with zero attached hydrogens (tertiary/aromatic N) is 1. The molecule has 0 aromatic heterocycles. The van der Waals surface area contributed by atoms with Gasteiger partial charge in [-0.2, -0.15) is 0 Å². The van der Waals surface area contributed by atoms with Crippen molar-refractivity contribution < 1.29 is 14.5 Å². The molecule has 0 saturated carbocycles. The zero-order valence-electron chi connectivity index (χ0n) is 10.6. The summed E-state index contributed by atoms with van der Waals surface area (Å²) in [7, 11) is 0. The zero-order valence-corrected chi connectivity index (χ0v) is 10.6. The molecular weight excluding hydrogens is 234 g/mol. The Morgan fingerprint density at radius 1 is 1.39 bits per heavy atom. The number of carbonyl (C=O) groups excluding carboxylic acids is 1. The molecule has 0 heterocycles. The number of esters is 1. The van der Waals surface area contributed by atoms with Crippen molar-refractivity contribution in [3.05, 3.63) is 39.9 Å². The van der Waals surface area contributed by atoms with Gasteiger partial charge in [-0.3, -0.25) is 14.9 Å². The number of hydrogen-bond acceptors (Lipinski definition) is 4. The van der Waals surface area contributed by atoms with Crippen molar-refractivity contribution in [2.75, 3.05) is 6.61 Å². The molecule has 0 radical (unpaired) electrons. The van der Waals surface area contributed by atoms with E-state index >= 15 is 0 Å². The Labute approximate surface area is 106 Å². The van der Waals surface area contributed by atoms with Crippen LogP contribution in [0.25, 0.3) is 0 Å². The van der Waals surface area contributed by atoms with Crippen LogP contribution in [-0.4, -0.2) is 17.5 Å². The molecule has 0 aliphatic heterocycles. The highest BCUT2D eigenvalue weighted by Crippen LogP contribution is 2.22. The molecule has 1 rings (SSSR count). The number of carbonyl (C=O) groups is 1. The van der Waals surface area contributed by atoms with Gasteiger partial charge in [0.05, 0.1) is 18.0 Å². The molecule has 1 atom stereocenters. The molecule has 0 amide bonds. The van der Waals surface area contributed by atoms with E-state index in [1.54, 1.807) is 12.1 Å². The van der Waals surface area contributed by atoms with Crippen LogP contribution in [0.3, 0.4) is 0 Å². The minimum Gasteiger partial charge on any atom is -0.466 e. The smallest absolute Gasteiger partial charge is 0.306 e. The number of nitro groups is 1. The van der Waals surface area contributed by atoms with Crippen molar-refractivity contribution in [2.45, 2.75) is 32.6 Å². The molecule has 0 bridgehead atoms. The van der Waals surface area contributed by atoms with Crippen LogP contribution < -0.4 is 0 Å². The molecule has 0 spiro atoms. The summed E-state index contributed by atoms with van der Waals surface area (Å²) in [5.41, 5.74) is 0.952. The topological polar surface area (TPSA) is 69.4 Å². The van der Waals surface area contributed by atoms with Gasteiger partial charge in [0.2, 0.25) is 0 Å². The standard InChI is InChI=1S/C13H17NO4/c1-3-8-18-13(15)9-10(2)11-4-6-12(7-5-11)14(16)17/h4-7,10H,3,8-9H2,1-2H3. The fraction of sp³-hybridized carbons (Fsp3) is 0.462. The maximum Gasteiger partial charge on any atom is 0.306 e. The van der Waals surface area contributed by atoms with E-state index in [1.165, 1.54) is 12.1 Å². The molecule has 0 saturated heterocycles. The summed E-state index contributed by atoms with van der Waals surface area (Å²) in [4.78, 5) is 21.5. The lowest BCUT2D eigenvalue weighted by Crippen LogP contribution is -2.09. The summed E-state index contributed by atoms with van der Waals surface area (Å²) < 4.78 is 5.00. The molecule has 0 N–H and O–H groups in total. The van der Waals surface area contributed by atoms with Gasteiger partial charge in [-0.25, -0.2) is 0 Å². The van der Waals surface area contributed by atoms with Gasteiger partial charge in [0.25, 0.3) is 5.69 Å². The van der Waals surface area contributed by atoms with Crippen LogP contribution in [0.5, 0.6) is 0 Å². The summed E-state index contributed by atoms with van der Waals surface area (Å²) in [6, 6.07) is 6.25. The predicted octanol–water partition coefficient (Wildman–Crippen LogP) is 3.04. The van der Waals surface area contributed by atoms with Crippen LogP contribution in [0.4, 0.5) is 5.69 Å². The van der Waals surface area contributed by atoms with Crippen LogP contribution in [-0.2, 0) is 9.53 Å². The van der Waals surface area contributed by atoms with E-state index < -0.39 is 4.92 Å². The lowest BCUT2D eigenvalue weighted by atomic mass is 9.98. The molecule has 5 heteroatoms. The molecule has 1 unspecified atom stereocenters. The molecule has 5 nitrogen and oxygen atoms in total. The Kier molecular flexibility index (Phi) is 5.30. The monoisotopic (exact) mass is 251 g/mol. The van der Waals surface area contributed by atoms with Gasteiger partial charge in [0.15, 0.2) is 0 Å². The number of ether oxygens (including phenoxy) is 1. The second-order valence-electron chi connectivity index (χ2n) is 4.17. The Morgan fingerprint density at radius 3 is 2.50 bits per heavy atom. The van der Waals surface area contributed by atoms with E-state index in [0.717, 1.165) is 12.0 Å². The van der Waals surface area contributed by atoms with Crippen LogP contribution in [0.15, 0.2) is 24.3 Å². The van der Waals surface area contributed by atoms with E-state index in [0.29, 0.717) is 6.61 Å². The molecule has 0 aliphatic rings. The summed E-state index contributed by atoms with van der Waals surface area (Å²) in [6.07, 6.45) is 1.09. The predicted molar refractivity (Wildman–Crippen MR) is 67.4 cm³/mol. The second kappa shape index (κ2) is 6.74. The molecule has 0 aliphatic carbocycles. The largest absolute Gasteiger partial charge is 0.466 e. The average Bonchev–Trinajstić information content (AvgIpc) is 2.36. The second-order valence-corrected chi connectivity index (χ2v) is 4.17. The van der Waals surface area contributed by atoms with Crippen molar-refractivity contribution >= 4 is 11.7 Å². The normalized spacial score (nSPS) is 11.9. The van der Waals surface area contributed by atoms with Crippen molar-refractivity contribution in [1.29, 1.82) is 0 Å². The fourth-order valence-electron chi connectivity index (χ4n) is 1.57. The lowest BCUT2D eigenvalue weighted by molar-refractivity contribution is -0.384. The number of non-ortho nitro benzene ring substituents is 1.